The number of hydrogen-bond donors (Lipinski definition) is 1. The summed E-state index contributed by atoms with van der Waals surface area (Å²) in [6, 6.07) is 0. The highest BCUT2D eigenvalue weighted by atomic mass is 15.2. The van der Waals surface area contributed by atoms with Gasteiger partial charge in [0.2, 0.25) is 0 Å². The van der Waals surface area contributed by atoms with Gasteiger partial charge in [0.25, 0.3) is 0 Å². The molecular weight excluding hydrogens is 222 g/mol. The predicted molar refractivity (Wildman–Crippen MR) is 73.8 cm³/mol. The first kappa shape index (κ1) is 12.2. The third kappa shape index (κ3) is 1.63. The number of nitrogens with one attached hydrogen (secondary N) is 1. The van der Waals surface area contributed by atoms with Gasteiger partial charge in [-0.05, 0) is 25.7 Å². The van der Waals surface area contributed by atoms with Gasteiger partial charge in [0.05, 0.1) is 5.69 Å². The van der Waals surface area contributed by atoms with Crippen LogP contribution in [0.5, 0.6) is 0 Å². The maximum atomic E-state index is 4.95. The second-order valence-corrected chi connectivity index (χ2v) is 6.21. The summed E-state index contributed by atoms with van der Waals surface area (Å²) in [5, 5.41) is 3.45. The number of fused-ring (bicyclic) bond motifs is 1. The van der Waals surface area contributed by atoms with Crippen LogP contribution in [-0.4, -0.2) is 16.1 Å². The van der Waals surface area contributed by atoms with Crippen molar-refractivity contribution in [2.45, 2.75) is 70.9 Å². The summed E-state index contributed by atoms with van der Waals surface area (Å²) in [6.45, 7) is 8.97. The Balaban J connectivity index is 2.13. The second kappa shape index (κ2) is 4.37. The Hall–Kier alpha value is -0.830. The molecule has 1 aromatic heterocycles. The van der Waals surface area contributed by atoms with E-state index in [0.29, 0.717) is 11.5 Å². The third-order valence-corrected chi connectivity index (χ3v) is 4.85. The molecule has 0 saturated heterocycles. The number of rotatable bonds is 3. The first-order valence-corrected chi connectivity index (χ1v) is 7.49. The predicted octanol–water partition coefficient (Wildman–Crippen LogP) is 2.94. The minimum Gasteiger partial charge on any atom is -0.325 e. The molecule has 1 saturated carbocycles. The highest BCUT2D eigenvalue weighted by Gasteiger charge is 2.41. The van der Waals surface area contributed by atoms with E-state index in [1.807, 2.05) is 0 Å². The highest BCUT2D eigenvalue weighted by molar-refractivity contribution is 5.25. The van der Waals surface area contributed by atoms with Crippen molar-refractivity contribution >= 4 is 0 Å². The van der Waals surface area contributed by atoms with Crippen LogP contribution in [0.2, 0.25) is 0 Å². The summed E-state index contributed by atoms with van der Waals surface area (Å²) in [5.74, 6) is 1.85. The number of hydrogen-bond acceptors (Lipinski definition) is 2. The lowest BCUT2D eigenvalue weighted by Crippen LogP contribution is -2.43. The molecular formula is C15H25N3. The van der Waals surface area contributed by atoms with E-state index in [9.17, 15) is 0 Å². The summed E-state index contributed by atoms with van der Waals surface area (Å²) >= 11 is 0. The average molecular weight is 247 g/mol. The average Bonchev–Trinajstić information content (AvgIpc) is 2.69. The Bertz CT molecular complexity index is 435. The molecule has 0 spiro atoms. The monoisotopic (exact) mass is 247 g/mol. The van der Waals surface area contributed by atoms with Crippen LogP contribution >= 0.6 is 0 Å². The lowest BCUT2D eigenvalue weighted by molar-refractivity contribution is 0.126. The first-order valence-electron chi connectivity index (χ1n) is 7.49. The number of aromatic nitrogens is 2. The molecule has 100 valence electrons. The van der Waals surface area contributed by atoms with E-state index in [-0.39, 0.29) is 0 Å². The molecule has 0 aromatic carbocycles. The van der Waals surface area contributed by atoms with Crippen LogP contribution in [0, 0.1) is 0 Å². The molecule has 0 atom stereocenters. The van der Waals surface area contributed by atoms with Crippen molar-refractivity contribution in [3.63, 3.8) is 0 Å². The molecule has 2 aliphatic rings. The van der Waals surface area contributed by atoms with Gasteiger partial charge in [0, 0.05) is 36.7 Å². The van der Waals surface area contributed by atoms with Crippen LogP contribution in [0.3, 0.4) is 0 Å². The van der Waals surface area contributed by atoms with Crippen LogP contribution in [0.4, 0.5) is 0 Å². The van der Waals surface area contributed by atoms with Gasteiger partial charge < -0.3 is 9.88 Å². The zero-order valence-corrected chi connectivity index (χ0v) is 11.9. The van der Waals surface area contributed by atoms with E-state index >= 15 is 0 Å². The summed E-state index contributed by atoms with van der Waals surface area (Å²) in [7, 11) is 0. The normalized spacial score (nSPS) is 21.8. The fraction of sp³-hybridized carbons (Fsp3) is 0.800. The lowest BCUT2D eigenvalue weighted by atomic mass is 9.74. The van der Waals surface area contributed by atoms with Crippen molar-refractivity contribution in [1.82, 2.24) is 14.9 Å². The smallest absolute Gasteiger partial charge is 0.112 e. The minimum absolute atomic E-state index is 0.400. The Morgan fingerprint density at radius 3 is 2.72 bits per heavy atom. The van der Waals surface area contributed by atoms with Crippen molar-refractivity contribution in [1.29, 1.82) is 0 Å². The highest BCUT2D eigenvalue weighted by Crippen LogP contribution is 2.45. The van der Waals surface area contributed by atoms with Gasteiger partial charge >= 0.3 is 0 Å². The van der Waals surface area contributed by atoms with Crippen molar-refractivity contribution in [3.05, 3.63) is 17.2 Å². The molecule has 3 rings (SSSR count). The van der Waals surface area contributed by atoms with Crippen molar-refractivity contribution in [2.24, 2.45) is 0 Å². The van der Waals surface area contributed by atoms with Crippen LogP contribution in [0.1, 0.15) is 69.6 Å². The minimum atomic E-state index is 0.400. The molecule has 1 fully saturated rings. The maximum Gasteiger partial charge on any atom is 0.112 e. The Morgan fingerprint density at radius 2 is 2.17 bits per heavy atom. The molecule has 1 aliphatic carbocycles. The van der Waals surface area contributed by atoms with E-state index in [1.54, 1.807) is 0 Å². The first-order chi connectivity index (χ1) is 8.68. The van der Waals surface area contributed by atoms with Gasteiger partial charge in [0.1, 0.15) is 5.82 Å². The molecule has 0 bridgehead atoms. The molecule has 1 aromatic rings. The molecule has 0 amide bonds. The zero-order valence-electron chi connectivity index (χ0n) is 11.9. The van der Waals surface area contributed by atoms with Crippen LogP contribution in [0.25, 0.3) is 0 Å². The molecule has 1 aliphatic heterocycles. The van der Waals surface area contributed by atoms with Crippen LogP contribution in [0.15, 0.2) is 0 Å². The largest absolute Gasteiger partial charge is 0.325 e. The third-order valence-electron chi connectivity index (χ3n) is 4.85. The molecule has 1 N–H and O–H groups in total. The van der Waals surface area contributed by atoms with E-state index in [2.05, 4.69) is 30.7 Å². The number of nitrogens with zero attached hydrogens (tertiary/aromatic N) is 2. The van der Waals surface area contributed by atoms with Crippen molar-refractivity contribution < 1.29 is 0 Å². The van der Waals surface area contributed by atoms with Crippen LogP contribution in [-0.2, 0) is 18.5 Å². The molecule has 3 nitrogen and oxygen atoms in total. The molecule has 2 heterocycles. The maximum absolute atomic E-state index is 4.95. The Kier molecular flexibility index (Phi) is 2.97. The van der Waals surface area contributed by atoms with Crippen molar-refractivity contribution in [3.8, 4) is 0 Å². The molecule has 0 unspecified atom stereocenters. The standard InChI is InChI=1S/C15H25N3/c1-4-15(7-5-8-15)18-13-6-9-16-10-12(13)17-14(18)11(2)3/h11,16H,4-10H2,1-3H3. The van der Waals surface area contributed by atoms with Gasteiger partial charge in [-0.3, -0.25) is 0 Å². The summed E-state index contributed by atoms with van der Waals surface area (Å²) < 4.78 is 2.65. The fourth-order valence-corrected chi connectivity index (χ4v) is 3.57. The van der Waals surface area contributed by atoms with Gasteiger partial charge in [-0.1, -0.05) is 20.8 Å². The van der Waals surface area contributed by atoms with Gasteiger partial charge in [-0.15, -0.1) is 0 Å². The fourth-order valence-electron chi connectivity index (χ4n) is 3.57. The lowest BCUT2D eigenvalue weighted by Gasteiger charge is -2.45. The zero-order chi connectivity index (χ0) is 12.8. The Labute approximate surface area is 110 Å². The SMILES string of the molecule is CCC1(n2c(C(C)C)nc3c2CCNC3)CCC1. The summed E-state index contributed by atoms with van der Waals surface area (Å²) in [5.41, 5.74) is 3.24. The van der Waals surface area contributed by atoms with Gasteiger partial charge in [-0.25, -0.2) is 4.98 Å². The van der Waals surface area contributed by atoms with E-state index in [1.165, 1.54) is 42.9 Å². The van der Waals surface area contributed by atoms with Gasteiger partial charge in [0.15, 0.2) is 0 Å². The number of imidazole rings is 1. The topological polar surface area (TPSA) is 29.9 Å². The van der Waals surface area contributed by atoms with E-state index in [0.717, 1.165) is 19.5 Å². The summed E-state index contributed by atoms with van der Waals surface area (Å²) in [6.07, 6.45) is 6.48. The van der Waals surface area contributed by atoms with E-state index < -0.39 is 0 Å². The van der Waals surface area contributed by atoms with E-state index in [4.69, 9.17) is 4.98 Å². The molecule has 0 radical (unpaired) electrons. The van der Waals surface area contributed by atoms with Crippen molar-refractivity contribution in [2.75, 3.05) is 6.54 Å². The van der Waals surface area contributed by atoms with Crippen LogP contribution < -0.4 is 5.32 Å². The molecule has 18 heavy (non-hydrogen) atoms. The summed E-state index contributed by atoms with van der Waals surface area (Å²) in [4.78, 5) is 4.95. The second-order valence-electron chi connectivity index (χ2n) is 6.21. The van der Waals surface area contributed by atoms with Gasteiger partial charge in [-0.2, -0.15) is 0 Å². The Morgan fingerprint density at radius 1 is 1.39 bits per heavy atom. The quantitative estimate of drug-likeness (QED) is 0.890. The molecule has 3 heteroatoms.